The number of amides is 1. The van der Waals surface area contributed by atoms with E-state index in [2.05, 4.69) is 18.3 Å². The van der Waals surface area contributed by atoms with Crippen molar-refractivity contribution < 1.29 is 9.53 Å². The number of methoxy groups -OCH3 is 1. The Labute approximate surface area is 138 Å². The van der Waals surface area contributed by atoms with Crippen molar-refractivity contribution in [1.29, 1.82) is 0 Å². The smallest absolute Gasteiger partial charge is 0.224 e. The fraction of sp³-hybridized carbons (Fsp3) is 0.350. The van der Waals surface area contributed by atoms with E-state index in [0.29, 0.717) is 6.42 Å². The molecule has 2 rings (SSSR count). The van der Waals surface area contributed by atoms with Gasteiger partial charge in [0, 0.05) is 0 Å². The number of ether oxygens (including phenoxy) is 1. The lowest BCUT2D eigenvalue weighted by Crippen LogP contribution is -2.29. The highest BCUT2D eigenvalue weighted by Crippen LogP contribution is 2.24. The molecule has 1 atom stereocenters. The van der Waals surface area contributed by atoms with Crippen LogP contribution < -0.4 is 10.1 Å². The summed E-state index contributed by atoms with van der Waals surface area (Å²) in [5.41, 5.74) is 4.43. The van der Waals surface area contributed by atoms with Crippen LogP contribution in [-0.4, -0.2) is 13.0 Å². The second-order valence-corrected chi connectivity index (χ2v) is 5.92. The minimum absolute atomic E-state index is 0.0255. The maximum Gasteiger partial charge on any atom is 0.224 e. The van der Waals surface area contributed by atoms with Gasteiger partial charge in [-0.25, -0.2) is 0 Å². The van der Waals surface area contributed by atoms with Gasteiger partial charge in [0.1, 0.15) is 5.75 Å². The molecule has 2 aromatic rings. The third kappa shape index (κ3) is 4.59. The highest BCUT2D eigenvalue weighted by atomic mass is 16.5. The first-order valence-corrected chi connectivity index (χ1v) is 8.03. The van der Waals surface area contributed by atoms with E-state index >= 15 is 0 Å². The molecule has 0 bridgehead atoms. The summed E-state index contributed by atoms with van der Waals surface area (Å²) in [4.78, 5) is 12.3. The Balaban J connectivity index is 2.05. The summed E-state index contributed by atoms with van der Waals surface area (Å²) in [7, 11) is 1.67. The molecule has 0 saturated carbocycles. The van der Waals surface area contributed by atoms with Crippen LogP contribution in [0.5, 0.6) is 5.75 Å². The summed E-state index contributed by atoms with van der Waals surface area (Å²) < 4.78 is 5.30. The van der Waals surface area contributed by atoms with Gasteiger partial charge < -0.3 is 10.1 Å². The maximum atomic E-state index is 12.3. The Bertz CT molecular complexity index is 662. The highest BCUT2D eigenvalue weighted by molar-refractivity contribution is 5.79. The molecule has 0 spiro atoms. The Kier molecular flexibility index (Phi) is 5.80. The van der Waals surface area contributed by atoms with E-state index in [1.165, 1.54) is 5.56 Å². The van der Waals surface area contributed by atoms with Crippen LogP contribution >= 0.6 is 0 Å². The first-order valence-electron chi connectivity index (χ1n) is 8.03. The highest BCUT2D eigenvalue weighted by Gasteiger charge is 2.14. The van der Waals surface area contributed by atoms with Crippen LogP contribution in [0.3, 0.4) is 0 Å². The van der Waals surface area contributed by atoms with Gasteiger partial charge in [-0.15, -0.1) is 0 Å². The molecular weight excluding hydrogens is 286 g/mol. The summed E-state index contributed by atoms with van der Waals surface area (Å²) in [5.74, 6) is 0.920. The van der Waals surface area contributed by atoms with Crippen molar-refractivity contribution in [2.24, 2.45) is 0 Å². The predicted octanol–water partition coefficient (Wildman–Crippen LogP) is 4.12. The molecule has 1 unspecified atom stereocenters. The Morgan fingerprint density at radius 1 is 1.13 bits per heavy atom. The summed E-state index contributed by atoms with van der Waals surface area (Å²) in [6.45, 7) is 6.14. The van der Waals surface area contributed by atoms with Gasteiger partial charge >= 0.3 is 0 Å². The Hall–Kier alpha value is -2.29. The lowest BCUT2D eigenvalue weighted by Gasteiger charge is -2.19. The minimum atomic E-state index is 0.0255. The zero-order valence-electron chi connectivity index (χ0n) is 14.3. The van der Waals surface area contributed by atoms with E-state index in [-0.39, 0.29) is 11.9 Å². The van der Waals surface area contributed by atoms with E-state index < -0.39 is 0 Å². The van der Waals surface area contributed by atoms with Crippen molar-refractivity contribution >= 4 is 5.91 Å². The van der Waals surface area contributed by atoms with E-state index in [9.17, 15) is 4.79 Å². The third-order valence-corrected chi connectivity index (χ3v) is 4.05. The molecule has 0 aliphatic heterocycles. The van der Waals surface area contributed by atoms with Gasteiger partial charge in [0.05, 0.1) is 19.6 Å². The SMILES string of the molecule is CCC(NC(=O)Cc1ccc(C)cc1)c1ccc(OC)c(C)c1. The van der Waals surface area contributed by atoms with Crippen LogP contribution in [0, 0.1) is 13.8 Å². The minimum Gasteiger partial charge on any atom is -0.496 e. The van der Waals surface area contributed by atoms with Crippen molar-refractivity contribution in [1.82, 2.24) is 5.32 Å². The van der Waals surface area contributed by atoms with Crippen molar-refractivity contribution in [3.8, 4) is 5.75 Å². The number of rotatable bonds is 6. The maximum absolute atomic E-state index is 12.3. The molecule has 1 N–H and O–H groups in total. The summed E-state index contributed by atoms with van der Waals surface area (Å²) >= 11 is 0. The molecular formula is C20H25NO2. The predicted molar refractivity (Wildman–Crippen MR) is 93.8 cm³/mol. The number of benzene rings is 2. The largest absolute Gasteiger partial charge is 0.496 e. The van der Waals surface area contributed by atoms with Gasteiger partial charge in [0.25, 0.3) is 0 Å². The zero-order valence-corrected chi connectivity index (χ0v) is 14.3. The van der Waals surface area contributed by atoms with Gasteiger partial charge in [-0.05, 0) is 43.0 Å². The van der Waals surface area contributed by atoms with E-state index in [1.807, 2.05) is 50.2 Å². The molecule has 0 radical (unpaired) electrons. The fourth-order valence-corrected chi connectivity index (χ4v) is 2.68. The quantitative estimate of drug-likeness (QED) is 0.871. The molecule has 0 saturated heterocycles. The van der Waals surface area contributed by atoms with Gasteiger partial charge in [-0.3, -0.25) is 4.79 Å². The first kappa shape index (κ1) is 17.1. The average Bonchev–Trinajstić information content (AvgIpc) is 2.54. The molecule has 0 fully saturated rings. The van der Waals surface area contributed by atoms with Crippen LogP contribution in [0.2, 0.25) is 0 Å². The first-order chi connectivity index (χ1) is 11.0. The number of carbonyl (C=O) groups excluding carboxylic acids is 1. The molecule has 3 nitrogen and oxygen atoms in total. The molecule has 3 heteroatoms. The van der Waals surface area contributed by atoms with Crippen LogP contribution in [0.15, 0.2) is 42.5 Å². The second kappa shape index (κ2) is 7.82. The standard InChI is InChI=1S/C20H25NO2/c1-5-18(17-10-11-19(23-4)15(3)12-17)21-20(22)13-16-8-6-14(2)7-9-16/h6-12,18H,5,13H2,1-4H3,(H,21,22). The van der Waals surface area contributed by atoms with Crippen molar-refractivity contribution in [2.45, 2.75) is 39.7 Å². The summed E-state index contributed by atoms with van der Waals surface area (Å²) in [6, 6.07) is 14.2. The van der Waals surface area contributed by atoms with Crippen molar-refractivity contribution in [3.05, 3.63) is 64.7 Å². The van der Waals surface area contributed by atoms with Crippen LogP contribution in [0.25, 0.3) is 0 Å². The molecule has 0 aliphatic rings. The average molecular weight is 311 g/mol. The molecule has 0 heterocycles. The van der Waals surface area contributed by atoms with Gasteiger partial charge in [-0.2, -0.15) is 0 Å². The second-order valence-electron chi connectivity index (χ2n) is 5.92. The van der Waals surface area contributed by atoms with Crippen molar-refractivity contribution in [2.75, 3.05) is 7.11 Å². The van der Waals surface area contributed by atoms with Crippen LogP contribution in [0.4, 0.5) is 0 Å². The van der Waals surface area contributed by atoms with Crippen LogP contribution in [-0.2, 0) is 11.2 Å². The van der Waals surface area contributed by atoms with Crippen LogP contribution in [0.1, 0.15) is 41.6 Å². The molecule has 2 aromatic carbocycles. The molecule has 0 aliphatic carbocycles. The molecule has 122 valence electrons. The zero-order chi connectivity index (χ0) is 16.8. The van der Waals surface area contributed by atoms with Gasteiger partial charge in [0.15, 0.2) is 0 Å². The van der Waals surface area contributed by atoms with E-state index in [0.717, 1.165) is 28.9 Å². The summed E-state index contributed by atoms with van der Waals surface area (Å²) in [5, 5.41) is 3.13. The number of aryl methyl sites for hydroxylation is 2. The molecule has 23 heavy (non-hydrogen) atoms. The monoisotopic (exact) mass is 311 g/mol. The van der Waals surface area contributed by atoms with Gasteiger partial charge in [-0.1, -0.05) is 48.9 Å². The lowest BCUT2D eigenvalue weighted by atomic mass is 10.0. The number of hydrogen-bond acceptors (Lipinski definition) is 2. The molecule has 1 amide bonds. The van der Waals surface area contributed by atoms with E-state index in [1.54, 1.807) is 7.11 Å². The van der Waals surface area contributed by atoms with Gasteiger partial charge in [0.2, 0.25) is 5.91 Å². The topological polar surface area (TPSA) is 38.3 Å². The molecule has 0 aromatic heterocycles. The number of carbonyl (C=O) groups is 1. The number of hydrogen-bond donors (Lipinski definition) is 1. The summed E-state index contributed by atoms with van der Waals surface area (Å²) in [6.07, 6.45) is 1.26. The fourth-order valence-electron chi connectivity index (χ4n) is 2.68. The van der Waals surface area contributed by atoms with E-state index in [4.69, 9.17) is 4.74 Å². The normalized spacial score (nSPS) is 11.8. The third-order valence-electron chi connectivity index (χ3n) is 4.05. The number of nitrogens with one attached hydrogen (secondary N) is 1. The Morgan fingerprint density at radius 2 is 1.83 bits per heavy atom. The van der Waals surface area contributed by atoms with Crippen molar-refractivity contribution in [3.63, 3.8) is 0 Å². The Morgan fingerprint density at radius 3 is 2.39 bits per heavy atom. The lowest BCUT2D eigenvalue weighted by molar-refractivity contribution is -0.121.